The van der Waals surface area contributed by atoms with Crippen molar-refractivity contribution in [3.8, 4) is 0 Å². The molecule has 0 aliphatic heterocycles. The van der Waals surface area contributed by atoms with Crippen molar-refractivity contribution in [3.05, 3.63) is 29.8 Å². The van der Waals surface area contributed by atoms with E-state index in [2.05, 4.69) is 5.32 Å². The SMILES string of the molecule is CC(C)C(=O)Nc1ccccc1C(=O)NCC(F)(F)F. The Kier molecular flexibility index (Phi) is 5.12. The van der Waals surface area contributed by atoms with Crippen molar-refractivity contribution in [2.24, 2.45) is 5.92 Å². The van der Waals surface area contributed by atoms with E-state index < -0.39 is 18.6 Å². The molecule has 7 heteroatoms. The van der Waals surface area contributed by atoms with Gasteiger partial charge in [-0.3, -0.25) is 9.59 Å². The molecule has 0 radical (unpaired) electrons. The minimum atomic E-state index is -4.48. The summed E-state index contributed by atoms with van der Waals surface area (Å²) in [6, 6.07) is 5.90. The summed E-state index contributed by atoms with van der Waals surface area (Å²) in [5, 5.41) is 4.27. The zero-order valence-electron chi connectivity index (χ0n) is 11.0. The maximum atomic E-state index is 12.1. The van der Waals surface area contributed by atoms with Crippen molar-refractivity contribution in [2.75, 3.05) is 11.9 Å². The van der Waals surface area contributed by atoms with Crippen LogP contribution in [-0.4, -0.2) is 24.5 Å². The van der Waals surface area contributed by atoms with Crippen molar-refractivity contribution >= 4 is 17.5 Å². The average molecular weight is 288 g/mol. The van der Waals surface area contributed by atoms with Crippen LogP contribution in [-0.2, 0) is 4.79 Å². The van der Waals surface area contributed by atoms with Crippen molar-refractivity contribution in [2.45, 2.75) is 20.0 Å². The predicted molar refractivity (Wildman–Crippen MR) is 68.3 cm³/mol. The van der Waals surface area contributed by atoms with E-state index in [9.17, 15) is 22.8 Å². The van der Waals surface area contributed by atoms with Crippen LogP contribution < -0.4 is 10.6 Å². The number of amides is 2. The smallest absolute Gasteiger partial charge is 0.343 e. The molecule has 0 bridgehead atoms. The average Bonchev–Trinajstić information content (AvgIpc) is 2.35. The van der Waals surface area contributed by atoms with Gasteiger partial charge in [0.1, 0.15) is 6.54 Å². The summed E-state index contributed by atoms with van der Waals surface area (Å²) in [7, 11) is 0. The van der Waals surface area contributed by atoms with Crippen LogP contribution in [0.15, 0.2) is 24.3 Å². The molecule has 0 fully saturated rings. The Morgan fingerprint density at radius 3 is 2.35 bits per heavy atom. The largest absolute Gasteiger partial charge is 0.405 e. The second-order valence-electron chi connectivity index (χ2n) is 4.49. The van der Waals surface area contributed by atoms with Gasteiger partial charge in [-0.25, -0.2) is 0 Å². The van der Waals surface area contributed by atoms with Gasteiger partial charge in [-0.1, -0.05) is 26.0 Å². The highest BCUT2D eigenvalue weighted by molar-refractivity contribution is 6.04. The fourth-order valence-corrected chi connectivity index (χ4v) is 1.34. The van der Waals surface area contributed by atoms with Gasteiger partial charge in [-0.05, 0) is 12.1 Å². The summed E-state index contributed by atoms with van der Waals surface area (Å²) in [6.07, 6.45) is -4.48. The number of carbonyl (C=O) groups is 2. The lowest BCUT2D eigenvalue weighted by atomic mass is 10.1. The molecule has 0 heterocycles. The summed E-state index contributed by atoms with van der Waals surface area (Å²) < 4.78 is 36.2. The van der Waals surface area contributed by atoms with Crippen LogP contribution in [0.5, 0.6) is 0 Å². The molecule has 0 atom stereocenters. The lowest BCUT2D eigenvalue weighted by Gasteiger charge is -2.13. The first-order chi connectivity index (χ1) is 9.20. The lowest BCUT2D eigenvalue weighted by Crippen LogP contribution is -2.34. The lowest BCUT2D eigenvalue weighted by molar-refractivity contribution is -0.123. The summed E-state index contributed by atoms with van der Waals surface area (Å²) in [6.45, 7) is 1.92. The van der Waals surface area contributed by atoms with E-state index >= 15 is 0 Å². The van der Waals surface area contributed by atoms with E-state index in [1.165, 1.54) is 18.2 Å². The van der Waals surface area contributed by atoms with Crippen LogP contribution >= 0.6 is 0 Å². The fourth-order valence-electron chi connectivity index (χ4n) is 1.34. The van der Waals surface area contributed by atoms with E-state index in [1.807, 2.05) is 0 Å². The van der Waals surface area contributed by atoms with Crippen LogP contribution in [0.1, 0.15) is 24.2 Å². The minimum absolute atomic E-state index is 0.00856. The van der Waals surface area contributed by atoms with Crippen LogP contribution in [0.3, 0.4) is 0 Å². The fraction of sp³-hybridized carbons (Fsp3) is 0.385. The molecule has 1 aromatic carbocycles. The molecular weight excluding hydrogens is 273 g/mol. The van der Waals surface area contributed by atoms with Crippen LogP contribution in [0.25, 0.3) is 0 Å². The third kappa shape index (κ3) is 4.91. The van der Waals surface area contributed by atoms with Gasteiger partial charge in [0.15, 0.2) is 0 Å². The number of nitrogens with one attached hydrogen (secondary N) is 2. The van der Waals surface area contributed by atoms with E-state index in [-0.39, 0.29) is 23.1 Å². The van der Waals surface area contributed by atoms with E-state index in [0.717, 1.165) is 0 Å². The quantitative estimate of drug-likeness (QED) is 0.894. The van der Waals surface area contributed by atoms with Crippen molar-refractivity contribution in [3.63, 3.8) is 0 Å². The Balaban J connectivity index is 2.84. The van der Waals surface area contributed by atoms with Gasteiger partial charge in [-0.15, -0.1) is 0 Å². The highest BCUT2D eigenvalue weighted by Gasteiger charge is 2.28. The molecule has 20 heavy (non-hydrogen) atoms. The number of hydrogen-bond donors (Lipinski definition) is 2. The second kappa shape index (κ2) is 6.40. The molecule has 4 nitrogen and oxygen atoms in total. The number of anilines is 1. The maximum absolute atomic E-state index is 12.1. The molecule has 110 valence electrons. The number of benzene rings is 1. The van der Waals surface area contributed by atoms with Gasteiger partial charge in [0.05, 0.1) is 11.3 Å². The first-order valence-electron chi connectivity index (χ1n) is 5.95. The molecule has 0 unspecified atom stereocenters. The molecule has 0 aliphatic carbocycles. The summed E-state index contributed by atoms with van der Waals surface area (Å²) in [5.74, 6) is -1.51. The van der Waals surface area contributed by atoms with Crippen LogP contribution in [0, 0.1) is 5.92 Å². The normalized spacial score (nSPS) is 11.3. The summed E-state index contributed by atoms with van der Waals surface area (Å²) in [5.41, 5.74) is 0.177. The van der Waals surface area contributed by atoms with Gasteiger partial charge < -0.3 is 10.6 Å². The zero-order valence-corrected chi connectivity index (χ0v) is 11.0. The number of rotatable bonds is 4. The van der Waals surface area contributed by atoms with E-state index in [4.69, 9.17) is 0 Å². The maximum Gasteiger partial charge on any atom is 0.405 e. The van der Waals surface area contributed by atoms with Gasteiger partial charge in [0.25, 0.3) is 5.91 Å². The van der Waals surface area contributed by atoms with Crippen molar-refractivity contribution < 1.29 is 22.8 Å². The van der Waals surface area contributed by atoms with E-state index in [0.29, 0.717) is 0 Å². The molecule has 1 rings (SSSR count). The summed E-state index contributed by atoms with van der Waals surface area (Å²) >= 11 is 0. The van der Waals surface area contributed by atoms with Crippen molar-refractivity contribution in [1.82, 2.24) is 5.32 Å². The topological polar surface area (TPSA) is 58.2 Å². The van der Waals surface area contributed by atoms with Gasteiger partial charge in [-0.2, -0.15) is 13.2 Å². The van der Waals surface area contributed by atoms with Crippen LogP contribution in [0.4, 0.5) is 18.9 Å². The number of alkyl halides is 3. The summed E-state index contributed by atoms with van der Waals surface area (Å²) in [4.78, 5) is 23.3. The highest BCUT2D eigenvalue weighted by atomic mass is 19.4. The Hall–Kier alpha value is -2.05. The molecule has 0 aromatic heterocycles. The number of hydrogen-bond acceptors (Lipinski definition) is 2. The van der Waals surface area contributed by atoms with Crippen LogP contribution in [0.2, 0.25) is 0 Å². The van der Waals surface area contributed by atoms with Gasteiger partial charge in [0.2, 0.25) is 5.91 Å². The Morgan fingerprint density at radius 2 is 1.80 bits per heavy atom. The third-order valence-electron chi connectivity index (χ3n) is 2.40. The number of carbonyl (C=O) groups excluding carboxylic acids is 2. The predicted octanol–water partition coefficient (Wildman–Crippen LogP) is 2.57. The Labute approximate surface area is 114 Å². The molecule has 1 aromatic rings. The molecule has 0 spiro atoms. The molecular formula is C13H15F3N2O2. The van der Waals surface area contributed by atoms with Gasteiger partial charge >= 0.3 is 6.18 Å². The first kappa shape index (κ1) is 16.0. The molecule has 0 saturated heterocycles. The third-order valence-corrected chi connectivity index (χ3v) is 2.40. The molecule has 2 amide bonds. The first-order valence-corrected chi connectivity index (χ1v) is 5.95. The Morgan fingerprint density at radius 1 is 1.20 bits per heavy atom. The molecule has 2 N–H and O–H groups in total. The second-order valence-corrected chi connectivity index (χ2v) is 4.49. The number of halogens is 3. The molecule has 0 saturated carbocycles. The number of para-hydroxylation sites is 1. The van der Waals surface area contributed by atoms with Crippen molar-refractivity contribution in [1.29, 1.82) is 0 Å². The zero-order chi connectivity index (χ0) is 15.3. The molecule has 0 aliphatic rings. The minimum Gasteiger partial charge on any atom is -0.343 e. The highest BCUT2D eigenvalue weighted by Crippen LogP contribution is 2.17. The monoisotopic (exact) mass is 288 g/mol. The Bertz CT molecular complexity index is 499. The van der Waals surface area contributed by atoms with E-state index in [1.54, 1.807) is 25.2 Å². The van der Waals surface area contributed by atoms with Gasteiger partial charge in [0, 0.05) is 5.92 Å². The standard InChI is InChI=1S/C13H15F3N2O2/c1-8(2)11(19)18-10-6-4-3-5-9(10)12(20)17-7-13(14,15)16/h3-6,8H,7H2,1-2H3,(H,17,20)(H,18,19).